The van der Waals surface area contributed by atoms with Crippen molar-refractivity contribution in [2.45, 2.75) is 13.5 Å². The van der Waals surface area contributed by atoms with Crippen molar-refractivity contribution in [3.05, 3.63) is 17.8 Å². The number of hydrogen-bond acceptors (Lipinski definition) is 5. The van der Waals surface area contributed by atoms with Crippen LogP contribution < -0.4 is 10.2 Å². The molecule has 0 amide bonds. The number of hydrogen-bond donors (Lipinski definition) is 1. The molecule has 1 aromatic heterocycles. The van der Waals surface area contributed by atoms with Gasteiger partial charge in [0.05, 0.1) is 12.3 Å². The Bertz CT molecular complexity index is 289. The molecule has 0 radical (unpaired) electrons. The number of nitrogens with one attached hydrogen (secondary N) is 1. The van der Waals surface area contributed by atoms with Gasteiger partial charge in [-0.25, -0.2) is 0 Å². The Kier molecular flexibility index (Phi) is 5.74. The van der Waals surface area contributed by atoms with Crippen LogP contribution in [0.5, 0.6) is 0 Å². The van der Waals surface area contributed by atoms with Crippen molar-refractivity contribution in [2.75, 3.05) is 38.8 Å². The molecular formula is C11H20N4O. The number of anilines is 1. The van der Waals surface area contributed by atoms with Gasteiger partial charge in [-0.3, -0.25) is 0 Å². The molecule has 1 rings (SSSR count). The molecule has 1 aromatic rings. The average Bonchev–Trinajstić information content (AvgIpc) is 2.34. The summed E-state index contributed by atoms with van der Waals surface area (Å²) in [6.07, 6.45) is 0. The van der Waals surface area contributed by atoms with Crippen LogP contribution in [0.25, 0.3) is 0 Å². The molecule has 16 heavy (non-hydrogen) atoms. The first-order chi connectivity index (χ1) is 7.77. The summed E-state index contributed by atoms with van der Waals surface area (Å²) in [6, 6.07) is 3.98. The van der Waals surface area contributed by atoms with Crippen LogP contribution in [-0.4, -0.2) is 44.1 Å². The largest absolute Gasteiger partial charge is 0.383 e. The summed E-state index contributed by atoms with van der Waals surface area (Å²) in [5.41, 5.74) is 0.964. The van der Waals surface area contributed by atoms with Crippen LogP contribution in [0.1, 0.15) is 12.6 Å². The molecule has 0 spiro atoms. The Morgan fingerprint density at radius 1 is 1.38 bits per heavy atom. The Morgan fingerprint density at radius 3 is 2.75 bits per heavy atom. The van der Waals surface area contributed by atoms with E-state index in [0.717, 1.165) is 31.1 Å². The minimum absolute atomic E-state index is 0.692. The van der Waals surface area contributed by atoms with E-state index in [0.29, 0.717) is 6.61 Å². The van der Waals surface area contributed by atoms with Crippen molar-refractivity contribution in [1.82, 2.24) is 15.5 Å². The van der Waals surface area contributed by atoms with E-state index in [4.69, 9.17) is 4.74 Å². The maximum atomic E-state index is 5.01. The number of aromatic nitrogens is 2. The Hall–Kier alpha value is -1.20. The summed E-state index contributed by atoms with van der Waals surface area (Å²) in [5.74, 6) is 0.872. The molecule has 0 saturated heterocycles. The van der Waals surface area contributed by atoms with Gasteiger partial charge in [0.25, 0.3) is 0 Å². The SMILES string of the molecule is CCNCc1ccc(N(C)CCOC)nn1. The van der Waals surface area contributed by atoms with Crippen LogP contribution in [0.4, 0.5) is 5.82 Å². The van der Waals surface area contributed by atoms with Crippen molar-refractivity contribution in [3.8, 4) is 0 Å². The summed E-state index contributed by atoms with van der Waals surface area (Å²) in [5, 5.41) is 11.5. The smallest absolute Gasteiger partial charge is 0.151 e. The number of ether oxygens (including phenoxy) is 1. The fourth-order valence-electron chi connectivity index (χ4n) is 1.25. The zero-order valence-corrected chi connectivity index (χ0v) is 10.2. The van der Waals surface area contributed by atoms with E-state index < -0.39 is 0 Å². The number of likely N-dealkylation sites (N-methyl/N-ethyl adjacent to an activating group) is 1. The molecule has 90 valence electrons. The summed E-state index contributed by atoms with van der Waals surface area (Å²) < 4.78 is 5.01. The highest BCUT2D eigenvalue weighted by Gasteiger charge is 2.02. The predicted octanol–water partition coefficient (Wildman–Crippen LogP) is 0.669. The zero-order valence-electron chi connectivity index (χ0n) is 10.2. The van der Waals surface area contributed by atoms with E-state index in [1.807, 2.05) is 24.1 Å². The zero-order chi connectivity index (χ0) is 11.8. The quantitative estimate of drug-likeness (QED) is 0.737. The maximum absolute atomic E-state index is 5.01. The minimum Gasteiger partial charge on any atom is -0.383 e. The van der Waals surface area contributed by atoms with Crippen molar-refractivity contribution in [3.63, 3.8) is 0 Å². The van der Waals surface area contributed by atoms with Gasteiger partial charge in [-0.1, -0.05) is 6.92 Å². The van der Waals surface area contributed by atoms with E-state index >= 15 is 0 Å². The molecule has 0 aliphatic heterocycles. The van der Waals surface area contributed by atoms with Gasteiger partial charge < -0.3 is 15.0 Å². The molecule has 0 fully saturated rings. The van der Waals surface area contributed by atoms with Crippen LogP contribution in [0.2, 0.25) is 0 Å². The van der Waals surface area contributed by atoms with E-state index in [9.17, 15) is 0 Å². The number of methoxy groups -OCH3 is 1. The predicted molar refractivity (Wildman–Crippen MR) is 64.6 cm³/mol. The first kappa shape index (κ1) is 12.9. The Balaban J connectivity index is 2.49. The summed E-state index contributed by atoms with van der Waals surface area (Å²) in [7, 11) is 3.67. The highest BCUT2D eigenvalue weighted by molar-refractivity contribution is 5.35. The number of nitrogens with zero attached hydrogens (tertiary/aromatic N) is 3. The van der Waals surface area contributed by atoms with Crippen molar-refractivity contribution >= 4 is 5.82 Å². The van der Waals surface area contributed by atoms with E-state index in [2.05, 4.69) is 22.4 Å². The highest BCUT2D eigenvalue weighted by atomic mass is 16.5. The van der Waals surface area contributed by atoms with Gasteiger partial charge in [-0.2, -0.15) is 5.10 Å². The lowest BCUT2D eigenvalue weighted by Gasteiger charge is -2.16. The molecule has 5 nitrogen and oxygen atoms in total. The molecule has 0 aliphatic rings. The van der Waals surface area contributed by atoms with Crippen molar-refractivity contribution in [2.24, 2.45) is 0 Å². The second kappa shape index (κ2) is 7.14. The molecule has 0 unspecified atom stereocenters. The lowest BCUT2D eigenvalue weighted by molar-refractivity contribution is 0.206. The molecule has 0 bridgehead atoms. The second-order valence-corrected chi connectivity index (χ2v) is 3.58. The van der Waals surface area contributed by atoms with E-state index in [1.54, 1.807) is 7.11 Å². The molecule has 0 atom stereocenters. The molecule has 5 heteroatoms. The van der Waals surface area contributed by atoms with Crippen LogP contribution >= 0.6 is 0 Å². The van der Waals surface area contributed by atoms with Crippen LogP contribution in [-0.2, 0) is 11.3 Å². The lowest BCUT2D eigenvalue weighted by atomic mass is 10.3. The minimum atomic E-state index is 0.692. The van der Waals surface area contributed by atoms with Gasteiger partial charge in [0.2, 0.25) is 0 Å². The van der Waals surface area contributed by atoms with Gasteiger partial charge in [-0.05, 0) is 18.7 Å². The third-order valence-electron chi connectivity index (χ3n) is 2.28. The molecule has 1 heterocycles. The van der Waals surface area contributed by atoms with Gasteiger partial charge in [0.1, 0.15) is 0 Å². The molecule has 0 aliphatic carbocycles. The third kappa shape index (κ3) is 4.12. The molecule has 0 aromatic carbocycles. The standard InChI is InChI=1S/C11H20N4O/c1-4-12-9-10-5-6-11(14-13-10)15(2)7-8-16-3/h5-6,12H,4,7-9H2,1-3H3. The third-order valence-corrected chi connectivity index (χ3v) is 2.28. The van der Waals surface area contributed by atoms with Gasteiger partial charge >= 0.3 is 0 Å². The average molecular weight is 224 g/mol. The topological polar surface area (TPSA) is 50.3 Å². The van der Waals surface area contributed by atoms with E-state index in [-0.39, 0.29) is 0 Å². The van der Waals surface area contributed by atoms with Crippen molar-refractivity contribution in [1.29, 1.82) is 0 Å². The van der Waals surface area contributed by atoms with E-state index in [1.165, 1.54) is 0 Å². The molecule has 0 saturated carbocycles. The maximum Gasteiger partial charge on any atom is 0.151 e. The summed E-state index contributed by atoms with van der Waals surface area (Å²) >= 11 is 0. The summed E-state index contributed by atoms with van der Waals surface area (Å²) in [4.78, 5) is 2.02. The Labute approximate surface area is 96.8 Å². The lowest BCUT2D eigenvalue weighted by Crippen LogP contribution is -2.23. The monoisotopic (exact) mass is 224 g/mol. The second-order valence-electron chi connectivity index (χ2n) is 3.58. The molecule has 1 N–H and O–H groups in total. The first-order valence-electron chi connectivity index (χ1n) is 5.51. The Morgan fingerprint density at radius 2 is 2.19 bits per heavy atom. The molecular weight excluding hydrogens is 204 g/mol. The van der Waals surface area contributed by atoms with Crippen molar-refractivity contribution < 1.29 is 4.74 Å². The number of rotatable bonds is 7. The van der Waals surface area contributed by atoms with Crippen LogP contribution in [0.3, 0.4) is 0 Å². The summed E-state index contributed by atoms with van der Waals surface area (Å²) in [6.45, 7) is 5.29. The van der Waals surface area contributed by atoms with Gasteiger partial charge in [-0.15, -0.1) is 5.10 Å². The van der Waals surface area contributed by atoms with Gasteiger partial charge in [0, 0.05) is 27.2 Å². The normalized spacial score (nSPS) is 10.4. The van der Waals surface area contributed by atoms with Crippen LogP contribution in [0.15, 0.2) is 12.1 Å². The fourth-order valence-corrected chi connectivity index (χ4v) is 1.25. The first-order valence-corrected chi connectivity index (χ1v) is 5.51. The fraction of sp³-hybridized carbons (Fsp3) is 0.636. The highest BCUT2D eigenvalue weighted by Crippen LogP contribution is 2.06. The van der Waals surface area contributed by atoms with Gasteiger partial charge in [0.15, 0.2) is 5.82 Å². The van der Waals surface area contributed by atoms with Crippen LogP contribution in [0, 0.1) is 0 Å².